The lowest BCUT2D eigenvalue weighted by Gasteiger charge is -2.35. The second-order valence-electron chi connectivity index (χ2n) is 4.84. The molecule has 1 atom stereocenters. The number of morpholine rings is 1. The number of amides is 1. The molecule has 1 aliphatic heterocycles. The lowest BCUT2D eigenvalue weighted by molar-refractivity contribution is -0.119. The molecule has 1 aliphatic rings. The number of rotatable bonds is 5. The summed E-state index contributed by atoms with van der Waals surface area (Å²) in [6, 6.07) is 8.08. The standard InChI is InChI=1S/C15H22N2O3/c1-12(18)16-11-14(17-7-9-20-10-8-17)13-5-3-4-6-15(13)19-2/h3-6,14H,7-11H2,1-2H3,(H,16,18). The number of hydrogen-bond acceptors (Lipinski definition) is 4. The van der Waals surface area contributed by atoms with Gasteiger partial charge in [0.1, 0.15) is 5.75 Å². The molecule has 20 heavy (non-hydrogen) atoms. The summed E-state index contributed by atoms with van der Waals surface area (Å²) in [5, 5.41) is 2.92. The number of nitrogens with one attached hydrogen (secondary N) is 1. The highest BCUT2D eigenvalue weighted by atomic mass is 16.5. The van der Waals surface area contributed by atoms with Crippen molar-refractivity contribution in [3.8, 4) is 5.75 Å². The second-order valence-corrected chi connectivity index (χ2v) is 4.84. The molecule has 0 aliphatic carbocycles. The zero-order valence-corrected chi connectivity index (χ0v) is 12.1. The quantitative estimate of drug-likeness (QED) is 0.879. The topological polar surface area (TPSA) is 50.8 Å². The Balaban J connectivity index is 2.21. The van der Waals surface area contributed by atoms with Crippen molar-refractivity contribution in [3.05, 3.63) is 29.8 Å². The van der Waals surface area contributed by atoms with Crippen molar-refractivity contribution in [3.63, 3.8) is 0 Å². The van der Waals surface area contributed by atoms with Crippen molar-refractivity contribution in [2.24, 2.45) is 0 Å². The van der Waals surface area contributed by atoms with Gasteiger partial charge in [-0.25, -0.2) is 0 Å². The number of para-hydroxylation sites is 1. The first-order valence-corrected chi connectivity index (χ1v) is 6.91. The minimum Gasteiger partial charge on any atom is -0.496 e. The summed E-state index contributed by atoms with van der Waals surface area (Å²) in [6.45, 7) is 5.30. The molecule has 1 N–H and O–H groups in total. The molecular formula is C15H22N2O3. The summed E-state index contributed by atoms with van der Waals surface area (Å²) < 4.78 is 10.9. The first kappa shape index (κ1) is 14.8. The van der Waals surface area contributed by atoms with Crippen LogP contribution >= 0.6 is 0 Å². The van der Waals surface area contributed by atoms with Gasteiger partial charge in [-0.2, -0.15) is 0 Å². The fraction of sp³-hybridized carbons (Fsp3) is 0.533. The number of benzene rings is 1. The van der Waals surface area contributed by atoms with Gasteiger partial charge in [-0.3, -0.25) is 9.69 Å². The second kappa shape index (κ2) is 7.26. The molecule has 1 amide bonds. The number of carbonyl (C=O) groups excluding carboxylic acids is 1. The molecule has 0 spiro atoms. The van der Waals surface area contributed by atoms with E-state index >= 15 is 0 Å². The Kier molecular flexibility index (Phi) is 5.38. The van der Waals surface area contributed by atoms with Gasteiger partial charge in [0.2, 0.25) is 5.91 Å². The Morgan fingerprint density at radius 3 is 2.75 bits per heavy atom. The Morgan fingerprint density at radius 2 is 2.10 bits per heavy atom. The molecule has 1 aromatic carbocycles. The maximum Gasteiger partial charge on any atom is 0.216 e. The van der Waals surface area contributed by atoms with E-state index in [2.05, 4.69) is 16.3 Å². The zero-order valence-electron chi connectivity index (χ0n) is 12.1. The highest BCUT2D eigenvalue weighted by molar-refractivity contribution is 5.72. The minimum absolute atomic E-state index is 0.0156. The molecule has 0 saturated carbocycles. The van der Waals surface area contributed by atoms with E-state index in [1.54, 1.807) is 14.0 Å². The molecule has 0 bridgehead atoms. The van der Waals surface area contributed by atoms with Gasteiger partial charge in [-0.05, 0) is 6.07 Å². The van der Waals surface area contributed by atoms with Crippen molar-refractivity contribution in [1.29, 1.82) is 0 Å². The molecule has 2 rings (SSSR count). The van der Waals surface area contributed by atoms with Crippen molar-refractivity contribution in [2.75, 3.05) is 40.0 Å². The minimum atomic E-state index is -0.0156. The fourth-order valence-corrected chi connectivity index (χ4v) is 2.51. The first-order chi connectivity index (χ1) is 9.72. The van der Waals surface area contributed by atoms with Gasteiger partial charge >= 0.3 is 0 Å². The molecule has 1 unspecified atom stereocenters. The highest BCUT2D eigenvalue weighted by Crippen LogP contribution is 2.29. The SMILES string of the molecule is COc1ccccc1C(CNC(C)=O)N1CCOCC1. The molecule has 1 aromatic rings. The van der Waals surface area contributed by atoms with Crippen molar-refractivity contribution >= 4 is 5.91 Å². The molecular weight excluding hydrogens is 256 g/mol. The van der Waals surface area contributed by atoms with Crippen LogP contribution < -0.4 is 10.1 Å². The van der Waals surface area contributed by atoms with Crippen LogP contribution in [0.15, 0.2) is 24.3 Å². The van der Waals surface area contributed by atoms with E-state index in [-0.39, 0.29) is 11.9 Å². The van der Waals surface area contributed by atoms with E-state index in [4.69, 9.17) is 9.47 Å². The molecule has 0 aromatic heterocycles. The molecule has 1 heterocycles. The van der Waals surface area contributed by atoms with E-state index in [1.165, 1.54) is 0 Å². The van der Waals surface area contributed by atoms with Crippen molar-refractivity contribution in [2.45, 2.75) is 13.0 Å². The normalized spacial score (nSPS) is 17.5. The maximum absolute atomic E-state index is 11.2. The summed E-state index contributed by atoms with van der Waals surface area (Å²) in [5.41, 5.74) is 1.10. The highest BCUT2D eigenvalue weighted by Gasteiger charge is 2.25. The van der Waals surface area contributed by atoms with Gasteiger partial charge in [-0.15, -0.1) is 0 Å². The van der Waals surface area contributed by atoms with Crippen LogP contribution in [0.3, 0.4) is 0 Å². The maximum atomic E-state index is 11.2. The predicted molar refractivity (Wildman–Crippen MR) is 76.8 cm³/mol. The summed E-state index contributed by atoms with van der Waals surface area (Å²) in [5.74, 6) is 0.840. The summed E-state index contributed by atoms with van der Waals surface area (Å²) in [6.07, 6.45) is 0. The van der Waals surface area contributed by atoms with Crippen LogP contribution in [0.1, 0.15) is 18.5 Å². The zero-order chi connectivity index (χ0) is 14.4. The number of hydrogen-bond donors (Lipinski definition) is 1. The van der Waals surface area contributed by atoms with Crippen molar-refractivity contribution in [1.82, 2.24) is 10.2 Å². The van der Waals surface area contributed by atoms with E-state index in [1.807, 2.05) is 18.2 Å². The predicted octanol–water partition coefficient (Wildman–Crippen LogP) is 1.20. The summed E-state index contributed by atoms with van der Waals surface area (Å²) >= 11 is 0. The Morgan fingerprint density at radius 1 is 1.40 bits per heavy atom. The van der Waals surface area contributed by atoms with Crippen LogP contribution in [0.4, 0.5) is 0 Å². The molecule has 5 heteroatoms. The van der Waals surface area contributed by atoms with Gasteiger partial charge in [0.15, 0.2) is 0 Å². The molecule has 1 saturated heterocycles. The smallest absolute Gasteiger partial charge is 0.216 e. The van der Waals surface area contributed by atoms with Gasteiger partial charge in [-0.1, -0.05) is 18.2 Å². The average molecular weight is 278 g/mol. The monoisotopic (exact) mass is 278 g/mol. The van der Waals surface area contributed by atoms with Gasteiger partial charge in [0, 0.05) is 32.1 Å². The summed E-state index contributed by atoms with van der Waals surface area (Å²) in [7, 11) is 1.67. The summed E-state index contributed by atoms with van der Waals surface area (Å²) in [4.78, 5) is 13.6. The van der Waals surface area contributed by atoms with Crippen LogP contribution in [0.2, 0.25) is 0 Å². The molecule has 1 fully saturated rings. The Labute approximate surface area is 119 Å². The van der Waals surface area contributed by atoms with Crippen LogP contribution in [-0.2, 0) is 9.53 Å². The van der Waals surface area contributed by atoms with Crippen LogP contribution in [0.5, 0.6) is 5.75 Å². The average Bonchev–Trinajstić information content (AvgIpc) is 2.49. The third-order valence-corrected chi connectivity index (χ3v) is 3.53. The largest absolute Gasteiger partial charge is 0.496 e. The number of ether oxygens (including phenoxy) is 2. The number of methoxy groups -OCH3 is 1. The van der Waals surface area contributed by atoms with Gasteiger partial charge < -0.3 is 14.8 Å². The molecule has 5 nitrogen and oxygen atoms in total. The lowest BCUT2D eigenvalue weighted by Crippen LogP contribution is -2.43. The van der Waals surface area contributed by atoms with E-state index in [0.717, 1.165) is 37.6 Å². The lowest BCUT2D eigenvalue weighted by atomic mass is 10.0. The van der Waals surface area contributed by atoms with Gasteiger partial charge in [0.05, 0.1) is 26.4 Å². The van der Waals surface area contributed by atoms with Crippen LogP contribution in [-0.4, -0.2) is 50.8 Å². The molecule has 110 valence electrons. The third kappa shape index (κ3) is 3.71. The molecule has 0 radical (unpaired) electrons. The third-order valence-electron chi connectivity index (χ3n) is 3.53. The Bertz CT molecular complexity index is 444. The number of carbonyl (C=O) groups is 1. The number of nitrogens with zero attached hydrogens (tertiary/aromatic N) is 1. The fourth-order valence-electron chi connectivity index (χ4n) is 2.51. The first-order valence-electron chi connectivity index (χ1n) is 6.91. The van der Waals surface area contributed by atoms with Crippen molar-refractivity contribution < 1.29 is 14.3 Å². The van der Waals surface area contributed by atoms with Gasteiger partial charge in [0.25, 0.3) is 0 Å². The Hall–Kier alpha value is -1.59. The van der Waals surface area contributed by atoms with E-state index < -0.39 is 0 Å². The van der Waals surface area contributed by atoms with E-state index in [0.29, 0.717) is 6.54 Å². The van der Waals surface area contributed by atoms with Crippen LogP contribution in [0.25, 0.3) is 0 Å². The van der Waals surface area contributed by atoms with Crippen LogP contribution in [0, 0.1) is 0 Å². The van der Waals surface area contributed by atoms with E-state index in [9.17, 15) is 4.79 Å².